The van der Waals surface area contributed by atoms with Gasteiger partial charge < -0.3 is 10.2 Å². The van der Waals surface area contributed by atoms with E-state index in [1.165, 1.54) is 0 Å². The molecule has 1 fully saturated rings. The molecular weight excluding hydrogens is 256 g/mol. The molecule has 1 atom stereocenters. The minimum atomic E-state index is -0.353. The summed E-state index contributed by atoms with van der Waals surface area (Å²) in [6.07, 6.45) is 1.68. The van der Waals surface area contributed by atoms with Gasteiger partial charge in [0.15, 0.2) is 0 Å². The number of non-ortho nitro benzene ring substituents is 1. The Kier molecular flexibility index (Phi) is 3.23. The quantitative estimate of drug-likeness (QED) is 0.668. The lowest BCUT2D eigenvalue weighted by atomic mass is 10.1. The summed E-state index contributed by atoms with van der Waals surface area (Å²) in [5.74, 6) is 0. The van der Waals surface area contributed by atoms with Gasteiger partial charge >= 0.3 is 0 Å². The number of nitro groups is 1. The summed E-state index contributed by atoms with van der Waals surface area (Å²) in [6.45, 7) is 4.80. The van der Waals surface area contributed by atoms with Gasteiger partial charge in [-0.25, -0.2) is 0 Å². The largest absolute Gasteiger partial charge is 0.367 e. The van der Waals surface area contributed by atoms with Gasteiger partial charge in [-0.1, -0.05) is 0 Å². The van der Waals surface area contributed by atoms with E-state index in [1.807, 2.05) is 6.07 Å². The van der Waals surface area contributed by atoms with Crippen molar-refractivity contribution in [2.75, 3.05) is 24.5 Å². The van der Waals surface area contributed by atoms with Crippen molar-refractivity contribution in [1.82, 2.24) is 10.3 Å². The zero-order valence-electron chi connectivity index (χ0n) is 11.2. The molecule has 1 N–H and O–H groups in total. The van der Waals surface area contributed by atoms with Crippen LogP contribution in [0.5, 0.6) is 0 Å². The number of rotatable bonds is 2. The Morgan fingerprint density at radius 2 is 2.30 bits per heavy atom. The maximum Gasteiger partial charge on any atom is 0.278 e. The van der Waals surface area contributed by atoms with Crippen LogP contribution in [0.25, 0.3) is 10.9 Å². The standard InChI is InChI=1S/C14H16N4O2/c1-10-9-17(8-7-15-10)13-5-4-12(18(19)20)11-3-2-6-16-14(11)13/h2-6,10,15H,7-9H2,1H3/t10-/m0/s1. The Hall–Kier alpha value is -2.21. The second kappa shape index (κ2) is 5.05. The lowest BCUT2D eigenvalue weighted by molar-refractivity contribution is -0.383. The molecular formula is C14H16N4O2. The number of nitrogens with zero attached hydrogens (tertiary/aromatic N) is 3. The highest BCUT2D eigenvalue weighted by Gasteiger charge is 2.21. The summed E-state index contributed by atoms with van der Waals surface area (Å²) in [6, 6.07) is 7.28. The fraction of sp³-hybridized carbons (Fsp3) is 0.357. The van der Waals surface area contributed by atoms with Gasteiger partial charge in [0, 0.05) is 37.9 Å². The Balaban J connectivity index is 2.12. The molecule has 0 saturated carbocycles. The number of nitrogens with one attached hydrogen (secondary N) is 1. The second-order valence-electron chi connectivity index (χ2n) is 5.06. The van der Waals surface area contributed by atoms with Crippen molar-refractivity contribution in [1.29, 1.82) is 0 Å². The van der Waals surface area contributed by atoms with Crippen LogP contribution >= 0.6 is 0 Å². The molecule has 0 spiro atoms. The molecule has 1 aromatic carbocycles. The number of fused-ring (bicyclic) bond motifs is 1. The van der Waals surface area contributed by atoms with Crippen LogP contribution in [0.3, 0.4) is 0 Å². The van der Waals surface area contributed by atoms with E-state index in [0.29, 0.717) is 16.9 Å². The number of piperazine rings is 1. The van der Waals surface area contributed by atoms with Crippen LogP contribution in [0.4, 0.5) is 11.4 Å². The van der Waals surface area contributed by atoms with Crippen LogP contribution in [-0.4, -0.2) is 35.6 Å². The molecule has 1 aromatic heterocycles. The van der Waals surface area contributed by atoms with Crippen LogP contribution in [0, 0.1) is 10.1 Å². The maximum absolute atomic E-state index is 11.1. The first-order valence-electron chi connectivity index (χ1n) is 6.67. The molecule has 0 amide bonds. The van der Waals surface area contributed by atoms with Crippen molar-refractivity contribution in [3.8, 4) is 0 Å². The van der Waals surface area contributed by atoms with Gasteiger partial charge in [0.05, 0.1) is 16.0 Å². The smallest absolute Gasteiger partial charge is 0.278 e. The van der Waals surface area contributed by atoms with Gasteiger partial charge in [0.25, 0.3) is 5.69 Å². The van der Waals surface area contributed by atoms with Gasteiger partial charge in [0.1, 0.15) is 5.52 Å². The molecule has 104 valence electrons. The molecule has 6 heteroatoms. The van der Waals surface area contributed by atoms with Crippen LogP contribution in [-0.2, 0) is 0 Å². The molecule has 1 aliphatic heterocycles. The van der Waals surface area contributed by atoms with Crippen LogP contribution in [0.1, 0.15) is 6.92 Å². The first kappa shape index (κ1) is 12.8. The number of hydrogen-bond donors (Lipinski definition) is 1. The van der Waals surface area contributed by atoms with Gasteiger partial charge in [-0.3, -0.25) is 15.1 Å². The monoisotopic (exact) mass is 272 g/mol. The Labute approximate surface area is 116 Å². The Bertz CT molecular complexity index is 659. The molecule has 6 nitrogen and oxygen atoms in total. The summed E-state index contributed by atoms with van der Waals surface area (Å²) >= 11 is 0. The number of aromatic nitrogens is 1. The van der Waals surface area contributed by atoms with Gasteiger partial charge in [0.2, 0.25) is 0 Å². The van der Waals surface area contributed by atoms with Crippen molar-refractivity contribution >= 4 is 22.3 Å². The molecule has 0 aliphatic carbocycles. The van der Waals surface area contributed by atoms with Gasteiger partial charge in [-0.05, 0) is 25.1 Å². The van der Waals surface area contributed by atoms with Crippen LogP contribution in [0.2, 0.25) is 0 Å². The van der Waals surface area contributed by atoms with E-state index < -0.39 is 0 Å². The van der Waals surface area contributed by atoms with Crippen LogP contribution < -0.4 is 10.2 Å². The molecule has 0 radical (unpaired) electrons. The molecule has 2 heterocycles. The van der Waals surface area contributed by atoms with Crippen molar-refractivity contribution < 1.29 is 4.92 Å². The average Bonchev–Trinajstić information content (AvgIpc) is 2.46. The highest BCUT2D eigenvalue weighted by Crippen LogP contribution is 2.32. The fourth-order valence-corrected chi connectivity index (χ4v) is 2.71. The summed E-state index contributed by atoms with van der Waals surface area (Å²) in [7, 11) is 0. The Morgan fingerprint density at radius 1 is 1.45 bits per heavy atom. The first-order valence-corrected chi connectivity index (χ1v) is 6.67. The molecule has 0 bridgehead atoms. The topological polar surface area (TPSA) is 71.3 Å². The first-order chi connectivity index (χ1) is 9.66. The number of anilines is 1. The summed E-state index contributed by atoms with van der Waals surface area (Å²) < 4.78 is 0. The van der Waals surface area contributed by atoms with E-state index in [4.69, 9.17) is 0 Å². The molecule has 20 heavy (non-hydrogen) atoms. The van der Waals surface area contributed by atoms with E-state index in [2.05, 4.69) is 22.1 Å². The third-order valence-electron chi connectivity index (χ3n) is 3.63. The molecule has 3 rings (SSSR count). The van der Waals surface area contributed by atoms with Crippen molar-refractivity contribution in [3.05, 3.63) is 40.6 Å². The number of hydrogen-bond acceptors (Lipinski definition) is 5. The lowest BCUT2D eigenvalue weighted by Crippen LogP contribution is -2.49. The van der Waals surface area contributed by atoms with Crippen molar-refractivity contribution in [2.45, 2.75) is 13.0 Å². The zero-order chi connectivity index (χ0) is 14.1. The fourth-order valence-electron chi connectivity index (χ4n) is 2.71. The summed E-state index contributed by atoms with van der Waals surface area (Å²) in [4.78, 5) is 17.3. The third-order valence-corrected chi connectivity index (χ3v) is 3.63. The minimum absolute atomic E-state index is 0.111. The highest BCUT2D eigenvalue weighted by molar-refractivity contribution is 5.97. The summed E-state index contributed by atoms with van der Waals surface area (Å²) in [5, 5.41) is 15.1. The van der Waals surface area contributed by atoms with E-state index in [0.717, 1.165) is 25.3 Å². The van der Waals surface area contributed by atoms with E-state index >= 15 is 0 Å². The minimum Gasteiger partial charge on any atom is -0.367 e. The van der Waals surface area contributed by atoms with Crippen molar-refractivity contribution in [3.63, 3.8) is 0 Å². The number of benzene rings is 1. The number of pyridine rings is 1. The second-order valence-corrected chi connectivity index (χ2v) is 5.06. The number of nitro benzene ring substituents is 1. The van der Waals surface area contributed by atoms with E-state index in [-0.39, 0.29) is 10.6 Å². The molecule has 1 saturated heterocycles. The normalized spacial score (nSPS) is 19.2. The molecule has 0 unspecified atom stereocenters. The highest BCUT2D eigenvalue weighted by atomic mass is 16.6. The predicted octanol–water partition coefficient (Wildman–Crippen LogP) is 1.94. The molecule has 2 aromatic rings. The maximum atomic E-state index is 11.1. The Morgan fingerprint density at radius 3 is 3.05 bits per heavy atom. The van der Waals surface area contributed by atoms with Gasteiger partial charge in [-0.2, -0.15) is 0 Å². The molecule has 1 aliphatic rings. The van der Waals surface area contributed by atoms with Crippen molar-refractivity contribution in [2.24, 2.45) is 0 Å². The van der Waals surface area contributed by atoms with E-state index in [1.54, 1.807) is 24.4 Å². The van der Waals surface area contributed by atoms with Crippen LogP contribution in [0.15, 0.2) is 30.5 Å². The zero-order valence-corrected chi connectivity index (χ0v) is 11.2. The predicted molar refractivity (Wildman–Crippen MR) is 78.1 cm³/mol. The lowest BCUT2D eigenvalue weighted by Gasteiger charge is -2.34. The van der Waals surface area contributed by atoms with Gasteiger partial charge in [-0.15, -0.1) is 0 Å². The average molecular weight is 272 g/mol. The summed E-state index contributed by atoms with van der Waals surface area (Å²) in [5.41, 5.74) is 1.79. The third kappa shape index (κ3) is 2.18. The van der Waals surface area contributed by atoms with E-state index in [9.17, 15) is 10.1 Å². The SMILES string of the molecule is C[C@H]1CN(c2ccc([N+](=O)[O-])c3cccnc23)CCN1.